The highest BCUT2D eigenvalue weighted by molar-refractivity contribution is 5.68. The van der Waals surface area contributed by atoms with Crippen LogP contribution in [0.2, 0.25) is 0 Å². The van der Waals surface area contributed by atoms with Gasteiger partial charge < -0.3 is 29.4 Å². The second kappa shape index (κ2) is 20.4. The highest BCUT2D eigenvalue weighted by Crippen LogP contribution is 2.40. The second-order valence-corrected chi connectivity index (χ2v) is 16.0. The number of carbonyl (C=O) groups excluding carboxylic acids is 1. The summed E-state index contributed by atoms with van der Waals surface area (Å²) in [7, 11) is 0. The van der Waals surface area contributed by atoms with Gasteiger partial charge in [-0.2, -0.15) is 0 Å². The number of unbranched alkanes of at least 4 members (excludes halogenated alkanes) is 2. The van der Waals surface area contributed by atoms with Gasteiger partial charge in [-0.3, -0.25) is 4.90 Å². The molecule has 2 N–H and O–H groups in total. The third-order valence-electron chi connectivity index (χ3n) is 10.7. The predicted molar refractivity (Wildman–Crippen MR) is 225 cm³/mol. The Kier molecular flexibility index (Phi) is 14.9. The smallest absolute Gasteiger partial charge is 0.410 e. The summed E-state index contributed by atoms with van der Waals surface area (Å²) in [5, 5.41) is 3.37. The Bertz CT molecular complexity index is 1730. The average molecular weight is 759 g/mol. The summed E-state index contributed by atoms with van der Waals surface area (Å²) in [5.41, 5.74) is 4.99. The fourth-order valence-electron chi connectivity index (χ4n) is 7.79. The van der Waals surface area contributed by atoms with Crippen LogP contribution in [0.1, 0.15) is 74.5 Å². The molecule has 298 valence electrons. The first-order valence-electron chi connectivity index (χ1n) is 20.6. The van der Waals surface area contributed by atoms with Gasteiger partial charge in [-0.05, 0) is 89.1 Å². The van der Waals surface area contributed by atoms with Gasteiger partial charge in [0.25, 0.3) is 0 Å². The normalized spacial score (nSPS) is 15.6. The third-order valence-corrected chi connectivity index (χ3v) is 10.7. The number of piperazine rings is 2. The van der Waals surface area contributed by atoms with Crippen molar-refractivity contribution in [1.82, 2.24) is 39.5 Å². The maximum atomic E-state index is 12.4. The molecule has 2 aromatic heterocycles. The molecule has 0 bridgehead atoms. The number of aromatic amines is 1. The standard InChI is InChI=1S/C35H42N4O2.C11H20N4/c1-34(2,3)41-33(40)38-25-23-37(24-26-38)22-14-13-21-32-27-39(28-36-32)35(29-15-7-4-8-16-29,30-17-9-5-10-18-30)31-19-11-6-12-20-31;1(3-11-9-13-10-14-11)2-6-15-7-4-12-5-8-15/h4-12,15-20,27-28H,13-14,21-26H2,1-3H3;9-10,12H,1-8H2,(H,13,14). The van der Waals surface area contributed by atoms with Crippen LogP contribution in [-0.2, 0) is 23.1 Å². The van der Waals surface area contributed by atoms with Gasteiger partial charge in [-0.1, -0.05) is 91.0 Å². The van der Waals surface area contributed by atoms with Crippen molar-refractivity contribution in [2.45, 2.75) is 70.4 Å². The summed E-state index contributed by atoms with van der Waals surface area (Å²) in [6.45, 7) is 16.0. The van der Waals surface area contributed by atoms with Crippen LogP contribution in [0, 0.1) is 0 Å². The average Bonchev–Trinajstić information content (AvgIpc) is 3.93. The summed E-state index contributed by atoms with van der Waals surface area (Å²) < 4.78 is 7.82. The van der Waals surface area contributed by atoms with E-state index in [0.717, 1.165) is 77.2 Å². The molecule has 4 heterocycles. The molecule has 0 aliphatic carbocycles. The number of nitrogens with zero attached hydrogens (tertiary/aromatic N) is 6. The van der Waals surface area contributed by atoms with Crippen molar-refractivity contribution in [3.05, 3.63) is 144 Å². The highest BCUT2D eigenvalue weighted by Gasteiger charge is 2.38. The Balaban J connectivity index is 0.000000295. The molecule has 0 saturated carbocycles. The molecule has 56 heavy (non-hydrogen) atoms. The fourth-order valence-corrected chi connectivity index (χ4v) is 7.79. The number of carbonyl (C=O) groups is 1. The van der Waals surface area contributed by atoms with E-state index in [1.165, 1.54) is 54.9 Å². The van der Waals surface area contributed by atoms with Gasteiger partial charge in [0.1, 0.15) is 11.1 Å². The Labute approximate surface area is 334 Å². The van der Waals surface area contributed by atoms with Crippen molar-refractivity contribution < 1.29 is 9.53 Å². The molecule has 7 rings (SSSR count). The lowest BCUT2D eigenvalue weighted by molar-refractivity contribution is 0.0144. The monoisotopic (exact) mass is 758 g/mol. The van der Waals surface area contributed by atoms with Crippen LogP contribution in [0.3, 0.4) is 0 Å². The van der Waals surface area contributed by atoms with Crippen molar-refractivity contribution in [2.24, 2.45) is 0 Å². The topological polar surface area (TPSA) is 94.6 Å². The summed E-state index contributed by atoms with van der Waals surface area (Å²) in [6, 6.07) is 32.1. The molecule has 5 aromatic rings. The molecular formula is C46H62N8O2. The number of aryl methyl sites for hydroxylation is 2. The highest BCUT2D eigenvalue weighted by atomic mass is 16.6. The zero-order valence-electron chi connectivity index (χ0n) is 33.8. The number of nitrogens with one attached hydrogen (secondary N) is 2. The van der Waals surface area contributed by atoms with Crippen molar-refractivity contribution in [1.29, 1.82) is 0 Å². The number of amides is 1. The van der Waals surface area contributed by atoms with Crippen LogP contribution >= 0.6 is 0 Å². The van der Waals surface area contributed by atoms with Crippen LogP contribution in [0.25, 0.3) is 0 Å². The maximum Gasteiger partial charge on any atom is 0.410 e. The minimum Gasteiger partial charge on any atom is -0.444 e. The van der Waals surface area contributed by atoms with Crippen molar-refractivity contribution in [3.8, 4) is 0 Å². The first-order chi connectivity index (χ1) is 27.3. The number of aromatic nitrogens is 4. The van der Waals surface area contributed by atoms with Gasteiger partial charge in [-0.15, -0.1) is 0 Å². The quantitative estimate of drug-likeness (QED) is 0.0912. The minimum atomic E-state index is -0.525. The number of rotatable bonds is 14. The van der Waals surface area contributed by atoms with Crippen molar-refractivity contribution in [2.75, 3.05) is 65.4 Å². The molecule has 0 unspecified atom stereocenters. The van der Waals surface area contributed by atoms with Gasteiger partial charge in [0.05, 0.1) is 18.3 Å². The van der Waals surface area contributed by atoms with Gasteiger partial charge in [0.2, 0.25) is 0 Å². The van der Waals surface area contributed by atoms with Crippen LogP contribution < -0.4 is 5.32 Å². The molecule has 2 saturated heterocycles. The zero-order chi connectivity index (χ0) is 39.1. The molecule has 0 spiro atoms. The lowest BCUT2D eigenvalue weighted by Gasteiger charge is -2.37. The summed E-state index contributed by atoms with van der Waals surface area (Å²) in [4.78, 5) is 31.2. The number of H-pyrrole nitrogens is 1. The van der Waals surface area contributed by atoms with Crippen LogP contribution in [0.15, 0.2) is 116 Å². The molecule has 1 amide bonds. The number of ether oxygens (including phenoxy) is 1. The first-order valence-corrected chi connectivity index (χ1v) is 20.6. The fraction of sp³-hybridized carbons (Fsp3) is 0.457. The Morgan fingerprint density at radius 2 is 1.23 bits per heavy atom. The van der Waals surface area contributed by atoms with E-state index in [9.17, 15) is 4.79 Å². The lowest BCUT2D eigenvalue weighted by Crippen LogP contribution is -2.50. The SMILES string of the molecule is CC(C)(C)OC(=O)N1CCN(CCCCc2cn(C(c3ccccc3)(c3ccccc3)c3ccccc3)cn2)CC1.c1ncc(CCCCN2CCNCC2)[nH]1. The van der Waals surface area contributed by atoms with Gasteiger partial charge in [0, 0.05) is 70.4 Å². The Morgan fingerprint density at radius 1 is 0.696 bits per heavy atom. The third kappa shape index (κ3) is 11.4. The van der Waals surface area contributed by atoms with E-state index in [2.05, 4.69) is 127 Å². The van der Waals surface area contributed by atoms with E-state index in [0.29, 0.717) is 0 Å². The Morgan fingerprint density at radius 3 is 1.75 bits per heavy atom. The summed E-state index contributed by atoms with van der Waals surface area (Å²) in [5.74, 6) is 0. The van der Waals surface area contributed by atoms with E-state index in [1.807, 2.05) is 38.2 Å². The summed E-state index contributed by atoms with van der Waals surface area (Å²) in [6.07, 6.45) is 14.5. The molecule has 10 heteroatoms. The molecule has 3 aromatic carbocycles. The van der Waals surface area contributed by atoms with Gasteiger partial charge in [0.15, 0.2) is 0 Å². The predicted octanol–water partition coefficient (Wildman–Crippen LogP) is 7.24. The first kappa shape index (κ1) is 40.9. The molecule has 2 aliphatic rings. The zero-order valence-corrected chi connectivity index (χ0v) is 33.8. The number of hydrogen-bond donors (Lipinski definition) is 2. The molecule has 10 nitrogen and oxygen atoms in total. The molecular weight excluding hydrogens is 697 g/mol. The molecule has 0 atom stereocenters. The van der Waals surface area contributed by atoms with Crippen LogP contribution in [0.4, 0.5) is 4.79 Å². The number of imidazole rings is 2. The van der Waals surface area contributed by atoms with E-state index in [1.54, 1.807) is 6.33 Å². The molecule has 2 fully saturated rings. The van der Waals surface area contributed by atoms with E-state index >= 15 is 0 Å². The second-order valence-electron chi connectivity index (χ2n) is 16.0. The maximum absolute atomic E-state index is 12.4. The number of hydrogen-bond acceptors (Lipinski definition) is 7. The molecule has 2 aliphatic heterocycles. The van der Waals surface area contributed by atoms with E-state index in [4.69, 9.17) is 9.72 Å². The Hall–Kier alpha value is -4.77. The lowest BCUT2D eigenvalue weighted by atomic mass is 9.77. The van der Waals surface area contributed by atoms with Gasteiger partial charge >= 0.3 is 6.09 Å². The van der Waals surface area contributed by atoms with Crippen molar-refractivity contribution in [3.63, 3.8) is 0 Å². The molecule has 0 radical (unpaired) electrons. The van der Waals surface area contributed by atoms with Crippen LogP contribution in [-0.4, -0.2) is 111 Å². The van der Waals surface area contributed by atoms with E-state index < -0.39 is 11.1 Å². The summed E-state index contributed by atoms with van der Waals surface area (Å²) >= 11 is 0. The van der Waals surface area contributed by atoms with Gasteiger partial charge in [-0.25, -0.2) is 14.8 Å². The number of benzene rings is 3. The largest absolute Gasteiger partial charge is 0.444 e. The van der Waals surface area contributed by atoms with Crippen LogP contribution in [0.5, 0.6) is 0 Å². The van der Waals surface area contributed by atoms with Crippen molar-refractivity contribution >= 4 is 6.09 Å². The minimum absolute atomic E-state index is 0.203. The van der Waals surface area contributed by atoms with E-state index in [-0.39, 0.29) is 6.09 Å².